The Morgan fingerprint density at radius 2 is 2.54 bits per heavy atom. The maximum atomic E-state index is 5.42. The second-order valence-electron chi connectivity index (χ2n) is 2.89. The quantitative estimate of drug-likeness (QED) is 0.424. The maximum absolute atomic E-state index is 5.42. The average molecular weight is 194 g/mol. The maximum Gasteiger partial charge on any atom is 0.0267 e. The van der Waals surface area contributed by atoms with Crippen LogP contribution in [0, 0.1) is 12.3 Å². The molecule has 0 aromatic carbocycles. The monoisotopic (exact) mass is 194 g/mol. The van der Waals surface area contributed by atoms with Crippen LogP contribution in [0.1, 0.15) is 17.7 Å². The predicted octanol–water partition coefficient (Wildman–Crippen LogP) is 1.54. The Bertz CT molecular complexity index is 261. The molecule has 0 saturated heterocycles. The summed E-state index contributed by atoms with van der Waals surface area (Å²) >= 11 is 1.75. The highest BCUT2D eigenvalue weighted by Gasteiger charge is 2.06. The molecule has 0 aliphatic carbocycles. The van der Waals surface area contributed by atoms with Gasteiger partial charge in [0.2, 0.25) is 0 Å². The van der Waals surface area contributed by atoms with Crippen LogP contribution in [-0.2, 0) is 6.42 Å². The zero-order valence-corrected chi connectivity index (χ0v) is 8.31. The van der Waals surface area contributed by atoms with Gasteiger partial charge >= 0.3 is 0 Å². The number of thiophene rings is 1. The first kappa shape index (κ1) is 10.3. The molecule has 0 bridgehead atoms. The minimum atomic E-state index is 0.301. The molecule has 1 unspecified atom stereocenters. The molecule has 0 amide bonds. The summed E-state index contributed by atoms with van der Waals surface area (Å²) in [5.41, 5.74) is 2.79. The molecule has 1 atom stereocenters. The van der Waals surface area contributed by atoms with E-state index in [1.165, 1.54) is 4.88 Å². The molecule has 13 heavy (non-hydrogen) atoms. The molecule has 1 rings (SSSR count). The number of nitrogens with two attached hydrogens (primary N) is 1. The standard InChI is InChI=1S/C10H14N2S/c1-2-3-5-9(12-11)8-10-6-4-7-13-10/h1,4,6-7,9,12H,3,5,8,11H2. The third kappa shape index (κ3) is 3.60. The third-order valence-corrected chi connectivity index (χ3v) is 2.80. The van der Waals surface area contributed by atoms with Crippen LogP contribution in [0.3, 0.4) is 0 Å². The van der Waals surface area contributed by atoms with Crippen molar-refractivity contribution in [3.63, 3.8) is 0 Å². The van der Waals surface area contributed by atoms with Crippen molar-refractivity contribution in [1.29, 1.82) is 0 Å². The van der Waals surface area contributed by atoms with Crippen LogP contribution in [0.2, 0.25) is 0 Å². The molecule has 1 aromatic heterocycles. The lowest BCUT2D eigenvalue weighted by Gasteiger charge is -2.12. The van der Waals surface area contributed by atoms with Crippen LogP contribution >= 0.6 is 11.3 Å². The topological polar surface area (TPSA) is 38.0 Å². The van der Waals surface area contributed by atoms with E-state index in [-0.39, 0.29) is 0 Å². The van der Waals surface area contributed by atoms with Crippen molar-refractivity contribution in [2.75, 3.05) is 0 Å². The molecular formula is C10H14N2S. The molecule has 0 fully saturated rings. The van der Waals surface area contributed by atoms with Crippen molar-refractivity contribution < 1.29 is 0 Å². The predicted molar refractivity (Wildman–Crippen MR) is 57.2 cm³/mol. The Hall–Kier alpha value is -0.820. The number of hydrazine groups is 1. The summed E-state index contributed by atoms with van der Waals surface area (Å²) in [6.07, 6.45) is 7.87. The highest BCUT2D eigenvalue weighted by Crippen LogP contribution is 2.12. The first-order valence-electron chi connectivity index (χ1n) is 4.28. The smallest absolute Gasteiger partial charge is 0.0267 e. The lowest BCUT2D eigenvalue weighted by atomic mass is 10.1. The van der Waals surface area contributed by atoms with Crippen LogP contribution in [-0.4, -0.2) is 6.04 Å². The largest absolute Gasteiger partial charge is 0.271 e. The second kappa shape index (κ2) is 5.76. The first-order chi connectivity index (χ1) is 6.36. The van der Waals surface area contributed by atoms with Gasteiger partial charge in [-0.2, -0.15) is 0 Å². The molecule has 3 N–H and O–H groups in total. The van der Waals surface area contributed by atoms with Crippen molar-refractivity contribution >= 4 is 11.3 Å². The van der Waals surface area contributed by atoms with Crippen molar-refractivity contribution in [3.8, 4) is 12.3 Å². The van der Waals surface area contributed by atoms with Crippen LogP contribution < -0.4 is 11.3 Å². The summed E-state index contributed by atoms with van der Waals surface area (Å²) in [6, 6.07) is 4.47. The van der Waals surface area contributed by atoms with Crippen molar-refractivity contribution in [2.24, 2.45) is 5.84 Å². The van der Waals surface area contributed by atoms with E-state index in [1.54, 1.807) is 11.3 Å². The van der Waals surface area contributed by atoms with Crippen LogP contribution in [0.15, 0.2) is 17.5 Å². The van der Waals surface area contributed by atoms with E-state index in [0.29, 0.717) is 6.04 Å². The van der Waals surface area contributed by atoms with Gasteiger partial charge in [-0.15, -0.1) is 23.7 Å². The molecule has 70 valence electrons. The van der Waals surface area contributed by atoms with Crippen molar-refractivity contribution in [3.05, 3.63) is 22.4 Å². The Morgan fingerprint density at radius 1 is 1.69 bits per heavy atom. The number of hydrogen-bond donors (Lipinski definition) is 2. The molecule has 3 heteroatoms. The fraction of sp³-hybridized carbons (Fsp3) is 0.400. The van der Waals surface area contributed by atoms with E-state index in [0.717, 1.165) is 19.3 Å². The van der Waals surface area contributed by atoms with Gasteiger partial charge in [-0.25, -0.2) is 0 Å². The molecule has 2 nitrogen and oxygen atoms in total. The van der Waals surface area contributed by atoms with E-state index in [9.17, 15) is 0 Å². The fourth-order valence-corrected chi connectivity index (χ4v) is 1.96. The number of rotatable bonds is 5. The van der Waals surface area contributed by atoms with E-state index in [1.807, 2.05) is 0 Å². The average Bonchev–Trinajstić information content (AvgIpc) is 2.64. The zero-order valence-electron chi connectivity index (χ0n) is 7.49. The molecule has 0 saturated carbocycles. The summed E-state index contributed by atoms with van der Waals surface area (Å²) in [7, 11) is 0. The normalized spacial score (nSPS) is 12.3. The summed E-state index contributed by atoms with van der Waals surface area (Å²) in [5, 5.41) is 2.07. The van der Waals surface area contributed by atoms with Gasteiger partial charge in [0, 0.05) is 17.3 Å². The lowest BCUT2D eigenvalue weighted by Crippen LogP contribution is -2.36. The van der Waals surface area contributed by atoms with Crippen LogP contribution in [0.25, 0.3) is 0 Å². The lowest BCUT2D eigenvalue weighted by molar-refractivity contribution is 0.500. The zero-order chi connectivity index (χ0) is 9.52. The molecule has 0 radical (unpaired) electrons. The van der Waals surface area contributed by atoms with Gasteiger partial charge in [0.15, 0.2) is 0 Å². The van der Waals surface area contributed by atoms with Gasteiger partial charge in [-0.1, -0.05) is 6.07 Å². The van der Waals surface area contributed by atoms with Gasteiger partial charge in [0.05, 0.1) is 0 Å². The molecular weight excluding hydrogens is 180 g/mol. The molecule has 1 aromatic rings. The second-order valence-corrected chi connectivity index (χ2v) is 3.92. The van der Waals surface area contributed by atoms with Crippen LogP contribution in [0.4, 0.5) is 0 Å². The van der Waals surface area contributed by atoms with Gasteiger partial charge < -0.3 is 0 Å². The van der Waals surface area contributed by atoms with Gasteiger partial charge in [-0.05, 0) is 24.3 Å². The fourth-order valence-electron chi connectivity index (χ4n) is 1.17. The van der Waals surface area contributed by atoms with Crippen LogP contribution in [0.5, 0.6) is 0 Å². The third-order valence-electron chi connectivity index (χ3n) is 1.90. The Morgan fingerprint density at radius 3 is 3.08 bits per heavy atom. The Labute approximate surface area is 83.1 Å². The number of terminal acetylenes is 1. The Balaban J connectivity index is 2.36. The van der Waals surface area contributed by atoms with E-state index >= 15 is 0 Å². The van der Waals surface area contributed by atoms with Crippen molar-refractivity contribution in [2.45, 2.75) is 25.3 Å². The SMILES string of the molecule is C#CCCC(Cc1cccs1)NN. The van der Waals surface area contributed by atoms with Gasteiger partial charge in [0.25, 0.3) is 0 Å². The molecule has 0 aliphatic rings. The molecule has 0 aliphatic heterocycles. The van der Waals surface area contributed by atoms with Crippen molar-refractivity contribution in [1.82, 2.24) is 5.43 Å². The van der Waals surface area contributed by atoms with E-state index in [2.05, 4.69) is 28.9 Å². The summed E-state index contributed by atoms with van der Waals surface area (Å²) in [4.78, 5) is 1.35. The highest BCUT2D eigenvalue weighted by atomic mass is 32.1. The van der Waals surface area contributed by atoms with E-state index in [4.69, 9.17) is 12.3 Å². The summed E-state index contributed by atoms with van der Waals surface area (Å²) in [5.74, 6) is 8.04. The first-order valence-corrected chi connectivity index (χ1v) is 5.16. The van der Waals surface area contributed by atoms with Gasteiger partial charge in [-0.3, -0.25) is 11.3 Å². The highest BCUT2D eigenvalue weighted by molar-refractivity contribution is 7.09. The van der Waals surface area contributed by atoms with Gasteiger partial charge in [0.1, 0.15) is 0 Å². The number of hydrogen-bond acceptors (Lipinski definition) is 3. The minimum absolute atomic E-state index is 0.301. The summed E-state index contributed by atoms with van der Waals surface area (Å²) < 4.78 is 0. The number of nitrogens with one attached hydrogen (secondary N) is 1. The Kier molecular flexibility index (Phi) is 4.55. The minimum Gasteiger partial charge on any atom is -0.271 e. The van der Waals surface area contributed by atoms with E-state index < -0.39 is 0 Å². The molecule has 1 heterocycles. The molecule has 0 spiro atoms. The summed E-state index contributed by atoms with van der Waals surface area (Å²) in [6.45, 7) is 0.